The SMILES string of the molecule is C[C@@H]1CN(Cc2ncc(-c3ccccc3)o2)C[C@H]1C(=O)O. The van der Waals surface area contributed by atoms with Gasteiger partial charge in [-0.3, -0.25) is 9.69 Å². The van der Waals surface area contributed by atoms with E-state index in [1.54, 1.807) is 6.20 Å². The molecule has 2 aromatic rings. The first-order chi connectivity index (χ1) is 10.1. The van der Waals surface area contributed by atoms with Gasteiger partial charge in [-0.15, -0.1) is 0 Å². The molecular formula is C16H18N2O3. The van der Waals surface area contributed by atoms with Crippen LogP contribution >= 0.6 is 0 Å². The summed E-state index contributed by atoms with van der Waals surface area (Å²) in [6.45, 7) is 3.85. The summed E-state index contributed by atoms with van der Waals surface area (Å²) >= 11 is 0. The van der Waals surface area contributed by atoms with Crippen molar-refractivity contribution in [2.75, 3.05) is 13.1 Å². The Balaban J connectivity index is 1.67. The van der Waals surface area contributed by atoms with Crippen molar-refractivity contribution in [3.63, 3.8) is 0 Å². The molecule has 0 unspecified atom stereocenters. The normalized spacial score (nSPS) is 22.5. The molecule has 21 heavy (non-hydrogen) atoms. The van der Waals surface area contributed by atoms with E-state index in [9.17, 15) is 4.79 Å². The molecular weight excluding hydrogens is 268 g/mol. The summed E-state index contributed by atoms with van der Waals surface area (Å²) in [4.78, 5) is 17.5. The second-order valence-corrected chi connectivity index (χ2v) is 5.60. The van der Waals surface area contributed by atoms with E-state index in [4.69, 9.17) is 9.52 Å². The molecule has 1 aliphatic rings. The summed E-state index contributed by atoms with van der Waals surface area (Å²) in [6, 6.07) is 9.82. The van der Waals surface area contributed by atoms with E-state index in [-0.39, 0.29) is 11.8 Å². The molecule has 1 aromatic heterocycles. The fourth-order valence-corrected chi connectivity index (χ4v) is 2.83. The zero-order valence-corrected chi connectivity index (χ0v) is 11.9. The number of hydrogen-bond donors (Lipinski definition) is 1. The Bertz CT molecular complexity index is 623. The largest absolute Gasteiger partial charge is 0.481 e. The predicted molar refractivity (Wildman–Crippen MR) is 77.5 cm³/mol. The van der Waals surface area contributed by atoms with Gasteiger partial charge in [-0.05, 0) is 5.92 Å². The van der Waals surface area contributed by atoms with Crippen LogP contribution in [0.4, 0.5) is 0 Å². The van der Waals surface area contributed by atoms with Crippen LogP contribution in [0.5, 0.6) is 0 Å². The predicted octanol–water partition coefficient (Wildman–Crippen LogP) is 2.49. The molecule has 1 aliphatic heterocycles. The smallest absolute Gasteiger partial charge is 0.308 e. The van der Waals surface area contributed by atoms with Crippen molar-refractivity contribution >= 4 is 5.97 Å². The van der Waals surface area contributed by atoms with E-state index in [1.165, 1.54) is 0 Å². The number of carboxylic acid groups (broad SMARTS) is 1. The lowest BCUT2D eigenvalue weighted by Gasteiger charge is -2.12. The van der Waals surface area contributed by atoms with Crippen LogP contribution < -0.4 is 0 Å². The van der Waals surface area contributed by atoms with E-state index >= 15 is 0 Å². The quantitative estimate of drug-likeness (QED) is 0.935. The third-order valence-corrected chi connectivity index (χ3v) is 3.98. The first-order valence-electron chi connectivity index (χ1n) is 7.09. The van der Waals surface area contributed by atoms with Crippen LogP contribution in [0, 0.1) is 11.8 Å². The maximum Gasteiger partial charge on any atom is 0.308 e. The van der Waals surface area contributed by atoms with Gasteiger partial charge in [0.15, 0.2) is 5.76 Å². The van der Waals surface area contributed by atoms with Crippen LogP contribution in [0.25, 0.3) is 11.3 Å². The summed E-state index contributed by atoms with van der Waals surface area (Å²) < 4.78 is 5.76. The molecule has 1 saturated heterocycles. The molecule has 1 aromatic carbocycles. The van der Waals surface area contributed by atoms with Gasteiger partial charge in [-0.25, -0.2) is 4.98 Å². The summed E-state index contributed by atoms with van der Waals surface area (Å²) in [5.41, 5.74) is 0.995. The average molecular weight is 286 g/mol. The Morgan fingerprint density at radius 3 is 2.81 bits per heavy atom. The molecule has 0 amide bonds. The number of aliphatic carboxylic acids is 1. The minimum Gasteiger partial charge on any atom is -0.481 e. The number of oxazole rings is 1. The van der Waals surface area contributed by atoms with Gasteiger partial charge >= 0.3 is 5.97 Å². The molecule has 5 heteroatoms. The van der Waals surface area contributed by atoms with Crippen LogP contribution in [-0.2, 0) is 11.3 Å². The topological polar surface area (TPSA) is 66.6 Å². The third-order valence-electron chi connectivity index (χ3n) is 3.98. The fraction of sp³-hybridized carbons (Fsp3) is 0.375. The Labute approximate surface area is 123 Å². The van der Waals surface area contributed by atoms with Crippen LogP contribution in [0.15, 0.2) is 40.9 Å². The number of nitrogens with zero attached hydrogens (tertiary/aromatic N) is 2. The molecule has 2 heterocycles. The second-order valence-electron chi connectivity index (χ2n) is 5.60. The number of carboxylic acids is 1. The molecule has 1 N–H and O–H groups in total. The monoisotopic (exact) mass is 286 g/mol. The van der Waals surface area contributed by atoms with E-state index < -0.39 is 5.97 Å². The standard InChI is InChI=1S/C16H18N2O3/c1-11-8-18(9-13(11)16(19)20)10-15-17-7-14(21-15)12-5-3-2-4-6-12/h2-7,11,13H,8-10H2,1H3,(H,19,20)/t11-,13-/m1/s1. The highest BCUT2D eigenvalue weighted by Crippen LogP contribution is 2.26. The van der Waals surface area contributed by atoms with Gasteiger partial charge in [0.25, 0.3) is 0 Å². The highest BCUT2D eigenvalue weighted by atomic mass is 16.4. The minimum absolute atomic E-state index is 0.158. The third kappa shape index (κ3) is 2.97. The highest BCUT2D eigenvalue weighted by molar-refractivity contribution is 5.71. The van der Waals surface area contributed by atoms with Crippen molar-refractivity contribution in [1.82, 2.24) is 9.88 Å². The van der Waals surface area contributed by atoms with Gasteiger partial charge in [-0.2, -0.15) is 0 Å². The molecule has 0 radical (unpaired) electrons. The lowest BCUT2D eigenvalue weighted by molar-refractivity contribution is -0.142. The van der Waals surface area contributed by atoms with Gasteiger partial charge in [0.05, 0.1) is 18.7 Å². The zero-order valence-electron chi connectivity index (χ0n) is 11.9. The Morgan fingerprint density at radius 1 is 1.38 bits per heavy atom. The van der Waals surface area contributed by atoms with E-state index in [0.717, 1.165) is 17.9 Å². The van der Waals surface area contributed by atoms with Crippen molar-refractivity contribution in [3.8, 4) is 11.3 Å². The minimum atomic E-state index is -0.720. The summed E-state index contributed by atoms with van der Waals surface area (Å²) in [5, 5.41) is 9.15. The average Bonchev–Trinajstić information content (AvgIpc) is 3.07. The number of likely N-dealkylation sites (tertiary alicyclic amines) is 1. The Hall–Kier alpha value is -2.14. The van der Waals surface area contributed by atoms with E-state index in [0.29, 0.717) is 19.0 Å². The Kier molecular flexibility index (Phi) is 3.75. The lowest BCUT2D eigenvalue weighted by atomic mass is 9.99. The molecule has 2 atom stereocenters. The van der Waals surface area contributed by atoms with Crippen molar-refractivity contribution in [2.45, 2.75) is 13.5 Å². The summed E-state index contributed by atoms with van der Waals surface area (Å²) in [7, 11) is 0. The lowest BCUT2D eigenvalue weighted by Crippen LogP contribution is -2.23. The van der Waals surface area contributed by atoms with Crippen molar-refractivity contribution in [2.24, 2.45) is 11.8 Å². The zero-order chi connectivity index (χ0) is 14.8. The van der Waals surface area contributed by atoms with Crippen molar-refractivity contribution in [3.05, 3.63) is 42.4 Å². The molecule has 3 rings (SSSR count). The molecule has 0 spiro atoms. The van der Waals surface area contributed by atoms with Crippen LogP contribution in [-0.4, -0.2) is 34.0 Å². The second kappa shape index (κ2) is 5.69. The number of carbonyl (C=O) groups is 1. The van der Waals surface area contributed by atoms with E-state index in [1.807, 2.05) is 37.3 Å². The first kappa shape index (κ1) is 13.8. The number of hydrogen-bond acceptors (Lipinski definition) is 4. The maximum atomic E-state index is 11.1. The number of benzene rings is 1. The maximum absolute atomic E-state index is 11.1. The summed E-state index contributed by atoms with van der Waals surface area (Å²) in [6.07, 6.45) is 1.72. The molecule has 0 bridgehead atoms. The number of rotatable bonds is 4. The van der Waals surface area contributed by atoms with Gasteiger partial charge in [-0.1, -0.05) is 37.3 Å². The van der Waals surface area contributed by atoms with E-state index in [2.05, 4.69) is 9.88 Å². The number of aromatic nitrogens is 1. The van der Waals surface area contributed by atoms with Gasteiger partial charge in [0, 0.05) is 18.7 Å². The summed E-state index contributed by atoms with van der Waals surface area (Å²) in [5.74, 6) is 0.515. The van der Waals surface area contributed by atoms with Gasteiger partial charge in [0.1, 0.15) is 0 Å². The molecule has 0 saturated carbocycles. The van der Waals surface area contributed by atoms with Crippen LogP contribution in [0.3, 0.4) is 0 Å². The van der Waals surface area contributed by atoms with Crippen LogP contribution in [0.1, 0.15) is 12.8 Å². The molecule has 5 nitrogen and oxygen atoms in total. The van der Waals surface area contributed by atoms with Crippen molar-refractivity contribution in [1.29, 1.82) is 0 Å². The Morgan fingerprint density at radius 2 is 2.14 bits per heavy atom. The van der Waals surface area contributed by atoms with Crippen LogP contribution in [0.2, 0.25) is 0 Å². The van der Waals surface area contributed by atoms with Crippen molar-refractivity contribution < 1.29 is 14.3 Å². The molecule has 110 valence electrons. The van der Waals surface area contributed by atoms with Gasteiger partial charge < -0.3 is 9.52 Å². The highest BCUT2D eigenvalue weighted by Gasteiger charge is 2.35. The molecule has 0 aliphatic carbocycles. The van der Waals surface area contributed by atoms with Gasteiger partial charge in [0.2, 0.25) is 5.89 Å². The fourth-order valence-electron chi connectivity index (χ4n) is 2.83. The molecule has 1 fully saturated rings. The first-order valence-corrected chi connectivity index (χ1v) is 7.09.